The van der Waals surface area contributed by atoms with Crippen molar-refractivity contribution < 1.29 is 19.1 Å². The van der Waals surface area contributed by atoms with E-state index in [-0.39, 0.29) is 17.4 Å². The number of carbonyl (C=O) groups excluding carboxylic acids is 3. The van der Waals surface area contributed by atoms with Crippen molar-refractivity contribution in [2.45, 2.75) is 58.0 Å². The Morgan fingerprint density at radius 2 is 2.07 bits per heavy atom. The number of hydrogen-bond donors (Lipinski definition) is 1. The number of benzene rings is 1. The summed E-state index contributed by atoms with van der Waals surface area (Å²) in [5.41, 5.74) is 2.14. The maximum Gasteiger partial charge on any atom is 0.338 e. The SMILES string of the molecule is C[C@@H](OC(=O)c1ccc(Cl)c(N2CCCC2=O)c1)C(=O)NCCC1=CCCCC1. The molecule has 3 rings (SSSR count). The molecule has 1 saturated heterocycles. The largest absolute Gasteiger partial charge is 0.449 e. The number of ether oxygens (including phenoxy) is 1. The fourth-order valence-electron chi connectivity index (χ4n) is 3.65. The number of esters is 1. The van der Waals surface area contributed by atoms with Gasteiger partial charge in [0, 0.05) is 19.5 Å². The van der Waals surface area contributed by atoms with Gasteiger partial charge in [-0.15, -0.1) is 0 Å². The van der Waals surface area contributed by atoms with Crippen LogP contribution in [0.4, 0.5) is 5.69 Å². The quantitative estimate of drug-likeness (QED) is 0.536. The summed E-state index contributed by atoms with van der Waals surface area (Å²) in [6, 6.07) is 4.66. The highest BCUT2D eigenvalue weighted by Crippen LogP contribution is 2.30. The van der Waals surface area contributed by atoms with Crippen molar-refractivity contribution in [1.82, 2.24) is 5.32 Å². The molecular formula is C22H27ClN2O4. The third kappa shape index (κ3) is 5.60. The van der Waals surface area contributed by atoms with Crippen molar-refractivity contribution in [3.05, 3.63) is 40.4 Å². The van der Waals surface area contributed by atoms with Crippen LogP contribution in [0.15, 0.2) is 29.8 Å². The molecule has 2 aliphatic rings. The summed E-state index contributed by atoms with van der Waals surface area (Å²) in [4.78, 5) is 38.3. The van der Waals surface area contributed by atoms with E-state index in [2.05, 4.69) is 11.4 Å². The molecule has 1 heterocycles. The third-order valence-electron chi connectivity index (χ3n) is 5.33. The van der Waals surface area contributed by atoms with Gasteiger partial charge in [-0.1, -0.05) is 23.3 Å². The van der Waals surface area contributed by atoms with E-state index in [9.17, 15) is 14.4 Å². The highest BCUT2D eigenvalue weighted by atomic mass is 35.5. The number of rotatable bonds is 7. The van der Waals surface area contributed by atoms with Crippen LogP contribution in [0.1, 0.15) is 62.2 Å². The summed E-state index contributed by atoms with van der Waals surface area (Å²) in [7, 11) is 0. The van der Waals surface area contributed by atoms with E-state index in [1.54, 1.807) is 24.0 Å². The highest BCUT2D eigenvalue weighted by molar-refractivity contribution is 6.34. The number of carbonyl (C=O) groups is 3. The maximum atomic E-state index is 12.5. The Labute approximate surface area is 176 Å². The van der Waals surface area contributed by atoms with Crippen LogP contribution in [0.5, 0.6) is 0 Å². The lowest BCUT2D eigenvalue weighted by Gasteiger charge is -2.19. The van der Waals surface area contributed by atoms with E-state index in [0.717, 1.165) is 25.7 Å². The number of allylic oxidation sites excluding steroid dienone is 1. The van der Waals surface area contributed by atoms with Gasteiger partial charge in [-0.05, 0) is 63.6 Å². The second kappa shape index (κ2) is 9.92. The Balaban J connectivity index is 1.54. The minimum absolute atomic E-state index is 0.0155. The van der Waals surface area contributed by atoms with E-state index < -0.39 is 12.1 Å². The van der Waals surface area contributed by atoms with Crippen LogP contribution >= 0.6 is 11.6 Å². The van der Waals surface area contributed by atoms with Crippen molar-refractivity contribution >= 4 is 35.1 Å². The average molecular weight is 419 g/mol. The Bertz CT molecular complexity index is 821. The van der Waals surface area contributed by atoms with Gasteiger partial charge in [-0.3, -0.25) is 9.59 Å². The lowest BCUT2D eigenvalue weighted by atomic mass is 9.97. The zero-order valence-corrected chi connectivity index (χ0v) is 17.5. The second-order valence-electron chi connectivity index (χ2n) is 7.51. The number of amides is 2. The molecule has 0 spiro atoms. The maximum absolute atomic E-state index is 12.5. The van der Waals surface area contributed by atoms with Crippen molar-refractivity contribution in [1.29, 1.82) is 0 Å². The normalized spacial score (nSPS) is 17.7. The minimum Gasteiger partial charge on any atom is -0.449 e. The van der Waals surface area contributed by atoms with Crippen molar-refractivity contribution in [2.24, 2.45) is 0 Å². The van der Waals surface area contributed by atoms with Crippen LogP contribution in [-0.4, -0.2) is 37.0 Å². The van der Waals surface area contributed by atoms with Crippen LogP contribution in [-0.2, 0) is 14.3 Å². The van der Waals surface area contributed by atoms with Crippen molar-refractivity contribution in [2.75, 3.05) is 18.0 Å². The molecule has 1 aromatic carbocycles. The van der Waals surface area contributed by atoms with E-state index in [1.807, 2.05) is 0 Å². The number of nitrogens with zero attached hydrogens (tertiary/aromatic N) is 1. The summed E-state index contributed by atoms with van der Waals surface area (Å²) in [5.74, 6) is -0.955. The van der Waals surface area contributed by atoms with Gasteiger partial charge in [-0.2, -0.15) is 0 Å². The molecule has 0 bridgehead atoms. The fraction of sp³-hybridized carbons (Fsp3) is 0.500. The molecule has 6 nitrogen and oxygen atoms in total. The van der Waals surface area contributed by atoms with Gasteiger partial charge < -0.3 is 15.0 Å². The Morgan fingerprint density at radius 1 is 1.24 bits per heavy atom. The molecule has 1 atom stereocenters. The first-order valence-corrected chi connectivity index (χ1v) is 10.6. The van der Waals surface area contributed by atoms with Crippen molar-refractivity contribution in [3.8, 4) is 0 Å². The number of halogens is 1. The van der Waals surface area contributed by atoms with Crippen LogP contribution in [0.25, 0.3) is 0 Å². The first-order valence-electron chi connectivity index (χ1n) is 10.2. The number of nitrogens with one attached hydrogen (secondary N) is 1. The molecule has 2 amide bonds. The molecule has 0 unspecified atom stereocenters. The molecule has 0 aromatic heterocycles. The van der Waals surface area contributed by atoms with Gasteiger partial charge >= 0.3 is 5.97 Å². The summed E-state index contributed by atoms with van der Waals surface area (Å²) in [5, 5.41) is 3.23. The Hall–Kier alpha value is -2.34. The van der Waals surface area contributed by atoms with Gasteiger partial charge in [0.1, 0.15) is 0 Å². The Kier molecular flexibility index (Phi) is 7.31. The van der Waals surface area contributed by atoms with Crippen LogP contribution in [0, 0.1) is 0 Å². The molecule has 1 aromatic rings. The average Bonchev–Trinajstić information content (AvgIpc) is 3.14. The number of anilines is 1. The standard InChI is InChI=1S/C22H27ClN2O4/c1-15(21(27)24-12-11-16-6-3-2-4-7-16)29-22(28)17-9-10-18(23)19(14-17)25-13-5-8-20(25)26/h6,9-10,14-15H,2-5,7-8,11-13H2,1H3,(H,24,27)/t15-/m1/s1. The first-order chi connectivity index (χ1) is 14.0. The van der Waals surface area contributed by atoms with Gasteiger partial charge in [0.15, 0.2) is 6.10 Å². The van der Waals surface area contributed by atoms with Gasteiger partial charge in [0.2, 0.25) is 5.91 Å². The van der Waals surface area contributed by atoms with Crippen LogP contribution < -0.4 is 10.2 Å². The molecule has 1 N–H and O–H groups in total. The molecule has 1 aliphatic heterocycles. The zero-order valence-electron chi connectivity index (χ0n) is 16.7. The molecule has 156 valence electrons. The van der Waals surface area contributed by atoms with E-state index in [4.69, 9.17) is 16.3 Å². The van der Waals surface area contributed by atoms with Gasteiger partial charge in [0.05, 0.1) is 16.3 Å². The topological polar surface area (TPSA) is 75.7 Å². The molecule has 1 fully saturated rings. The monoisotopic (exact) mass is 418 g/mol. The van der Waals surface area contributed by atoms with Gasteiger partial charge in [0.25, 0.3) is 5.91 Å². The molecule has 1 aliphatic carbocycles. The van der Waals surface area contributed by atoms with E-state index >= 15 is 0 Å². The predicted molar refractivity (Wildman–Crippen MR) is 112 cm³/mol. The highest BCUT2D eigenvalue weighted by Gasteiger charge is 2.25. The minimum atomic E-state index is -0.907. The van der Waals surface area contributed by atoms with Crippen LogP contribution in [0.3, 0.4) is 0 Å². The Morgan fingerprint density at radius 3 is 2.76 bits per heavy atom. The summed E-state index contributed by atoms with van der Waals surface area (Å²) in [6.45, 7) is 2.66. The second-order valence-corrected chi connectivity index (χ2v) is 7.92. The van der Waals surface area contributed by atoms with E-state index in [0.29, 0.717) is 30.2 Å². The summed E-state index contributed by atoms with van der Waals surface area (Å²) >= 11 is 6.21. The molecule has 0 saturated carbocycles. The molecule has 0 radical (unpaired) electrons. The third-order valence-corrected chi connectivity index (χ3v) is 5.65. The fourth-order valence-corrected chi connectivity index (χ4v) is 3.87. The number of hydrogen-bond acceptors (Lipinski definition) is 4. The molecule has 7 heteroatoms. The molecule has 29 heavy (non-hydrogen) atoms. The summed E-state index contributed by atoms with van der Waals surface area (Å²) < 4.78 is 5.31. The van der Waals surface area contributed by atoms with E-state index in [1.165, 1.54) is 24.5 Å². The van der Waals surface area contributed by atoms with Crippen LogP contribution in [0.2, 0.25) is 5.02 Å². The van der Waals surface area contributed by atoms with Gasteiger partial charge in [-0.25, -0.2) is 4.79 Å². The summed E-state index contributed by atoms with van der Waals surface area (Å²) in [6.07, 6.45) is 8.06. The predicted octanol–water partition coefficient (Wildman–Crippen LogP) is 4.02. The lowest BCUT2D eigenvalue weighted by Crippen LogP contribution is -2.36. The zero-order chi connectivity index (χ0) is 20.8. The smallest absolute Gasteiger partial charge is 0.338 e. The first kappa shape index (κ1) is 21.4. The lowest BCUT2D eigenvalue weighted by molar-refractivity contribution is -0.129. The molecular weight excluding hydrogens is 392 g/mol. The van der Waals surface area contributed by atoms with Crippen molar-refractivity contribution in [3.63, 3.8) is 0 Å².